The van der Waals surface area contributed by atoms with Gasteiger partial charge in [0.05, 0.1) is 0 Å². The number of hydrogen-bond acceptors (Lipinski definition) is 4. The molecule has 28 heavy (non-hydrogen) atoms. The third-order valence-electron chi connectivity index (χ3n) is 3.82. The Morgan fingerprint density at radius 3 is 1.71 bits per heavy atom. The lowest BCUT2D eigenvalue weighted by Gasteiger charge is -2.09. The molecule has 4 N–H and O–H groups in total. The SMILES string of the molecule is CC(=O)O.CC(=O)O.Oc1ccc2ccc3cc4ccccc4cc3c2c1O. The van der Waals surface area contributed by atoms with Crippen LogP contribution < -0.4 is 0 Å². The molecule has 6 nitrogen and oxygen atoms in total. The summed E-state index contributed by atoms with van der Waals surface area (Å²) in [5.74, 6) is -1.80. The van der Waals surface area contributed by atoms with Gasteiger partial charge in [0.1, 0.15) is 0 Å². The number of carboxylic acids is 2. The first-order chi connectivity index (χ1) is 13.2. The minimum Gasteiger partial charge on any atom is -0.504 e. The topological polar surface area (TPSA) is 115 Å². The zero-order chi connectivity index (χ0) is 20.8. The largest absolute Gasteiger partial charge is 0.504 e. The van der Waals surface area contributed by atoms with Gasteiger partial charge in [0.15, 0.2) is 11.5 Å². The van der Waals surface area contributed by atoms with E-state index in [9.17, 15) is 10.2 Å². The van der Waals surface area contributed by atoms with Gasteiger partial charge in [-0.2, -0.15) is 0 Å². The lowest BCUT2D eigenvalue weighted by atomic mass is 9.97. The summed E-state index contributed by atoms with van der Waals surface area (Å²) < 4.78 is 0. The number of fused-ring (bicyclic) bond motifs is 4. The lowest BCUT2D eigenvalue weighted by Crippen LogP contribution is -1.81. The minimum absolute atomic E-state index is 0.0524. The Hall–Kier alpha value is -3.80. The number of phenolic OH excluding ortho intramolecular Hbond substituents is 2. The fourth-order valence-corrected chi connectivity index (χ4v) is 2.81. The Morgan fingerprint density at radius 2 is 1.14 bits per heavy atom. The number of rotatable bonds is 0. The maximum atomic E-state index is 10.2. The van der Waals surface area contributed by atoms with Crippen molar-refractivity contribution in [1.82, 2.24) is 0 Å². The minimum atomic E-state index is -0.833. The van der Waals surface area contributed by atoms with Crippen molar-refractivity contribution >= 4 is 44.3 Å². The van der Waals surface area contributed by atoms with Crippen molar-refractivity contribution in [3.8, 4) is 11.5 Å². The zero-order valence-corrected chi connectivity index (χ0v) is 15.4. The maximum Gasteiger partial charge on any atom is 0.300 e. The molecule has 0 aromatic heterocycles. The standard InChI is InChI=1S/C18H12O2.2C2H4O2/c19-16-8-7-11-5-6-14-9-12-3-1-2-4-13(12)10-15(14)17(11)18(16)20;2*1-2(3)4/h1-10,19-20H;2*1H3,(H,3,4). The van der Waals surface area contributed by atoms with Crippen molar-refractivity contribution in [3.63, 3.8) is 0 Å². The molecule has 0 unspecified atom stereocenters. The summed E-state index contributed by atoms with van der Waals surface area (Å²) in [4.78, 5) is 18.0. The van der Waals surface area contributed by atoms with Crippen molar-refractivity contribution < 1.29 is 30.0 Å². The van der Waals surface area contributed by atoms with E-state index >= 15 is 0 Å². The van der Waals surface area contributed by atoms with Gasteiger partial charge >= 0.3 is 0 Å². The van der Waals surface area contributed by atoms with Gasteiger partial charge in [-0.3, -0.25) is 9.59 Å². The van der Waals surface area contributed by atoms with Crippen LogP contribution in [0.5, 0.6) is 11.5 Å². The van der Waals surface area contributed by atoms with Crippen LogP contribution in [0.15, 0.2) is 60.7 Å². The van der Waals surface area contributed by atoms with Crippen LogP contribution in [-0.2, 0) is 9.59 Å². The zero-order valence-electron chi connectivity index (χ0n) is 15.4. The van der Waals surface area contributed by atoms with E-state index in [2.05, 4.69) is 18.2 Å². The summed E-state index contributed by atoms with van der Waals surface area (Å²) in [6.45, 7) is 2.17. The number of benzene rings is 4. The highest BCUT2D eigenvalue weighted by Crippen LogP contribution is 2.39. The van der Waals surface area contributed by atoms with Gasteiger partial charge in [0.2, 0.25) is 0 Å². The highest BCUT2D eigenvalue weighted by Gasteiger charge is 2.09. The van der Waals surface area contributed by atoms with Crippen LogP contribution in [0, 0.1) is 0 Å². The molecule has 4 aromatic carbocycles. The first-order valence-electron chi connectivity index (χ1n) is 8.36. The molecule has 144 valence electrons. The van der Waals surface area contributed by atoms with Gasteiger partial charge in [-0.05, 0) is 45.1 Å². The summed E-state index contributed by atoms with van der Waals surface area (Å²) >= 11 is 0. The van der Waals surface area contributed by atoms with E-state index in [1.165, 1.54) is 11.5 Å². The van der Waals surface area contributed by atoms with Gasteiger partial charge < -0.3 is 20.4 Å². The van der Waals surface area contributed by atoms with Crippen LogP contribution in [0.25, 0.3) is 32.3 Å². The predicted molar refractivity (Wildman–Crippen MR) is 109 cm³/mol. The van der Waals surface area contributed by atoms with Crippen LogP contribution in [0.4, 0.5) is 0 Å². The molecule has 0 bridgehead atoms. The molecule has 0 aliphatic carbocycles. The van der Waals surface area contributed by atoms with Crippen LogP contribution in [-0.4, -0.2) is 32.4 Å². The number of carbonyl (C=O) groups is 2. The number of phenols is 2. The summed E-state index contributed by atoms with van der Waals surface area (Å²) in [6, 6.07) is 19.6. The molecule has 0 spiro atoms. The first-order valence-corrected chi connectivity index (χ1v) is 8.36. The molecular formula is C22H20O6. The molecule has 0 fully saturated rings. The van der Waals surface area contributed by atoms with E-state index in [0.717, 1.165) is 35.4 Å². The molecule has 0 heterocycles. The Morgan fingerprint density at radius 1 is 0.679 bits per heavy atom. The fraction of sp³-hybridized carbons (Fsp3) is 0.0909. The van der Waals surface area contributed by atoms with Gasteiger partial charge in [-0.15, -0.1) is 0 Å². The molecule has 4 rings (SSSR count). The normalized spacial score (nSPS) is 9.93. The van der Waals surface area contributed by atoms with Crippen LogP contribution >= 0.6 is 0 Å². The second-order valence-electron chi connectivity index (χ2n) is 6.06. The van der Waals surface area contributed by atoms with E-state index in [0.29, 0.717) is 5.39 Å². The summed E-state index contributed by atoms with van der Waals surface area (Å²) in [6.07, 6.45) is 0. The van der Waals surface area contributed by atoms with Gasteiger partial charge in [-0.25, -0.2) is 0 Å². The first kappa shape index (κ1) is 20.5. The van der Waals surface area contributed by atoms with E-state index in [4.69, 9.17) is 19.8 Å². The molecule has 0 saturated heterocycles. The van der Waals surface area contributed by atoms with Crippen LogP contribution in [0.3, 0.4) is 0 Å². The third-order valence-corrected chi connectivity index (χ3v) is 3.82. The molecule has 6 heteroatoms. The molecule has 0 radical (unpaired) electrons. The Labute approximate surface area is 160 Å². The highest BCUT2D eigenvalue weighted by molar-refractivity contribution is 6.14. The maximum absolute atomic E-state index is 10.2. The van der Waals surface area contributed by atoms with E-state index in [1.54, 1.807) is 0 Å². The Kier molecular flexibility index (Phi) is 6.39. The van der Waals surface area contributed by atoms with E-state index in [1.807, 2.05) is 36.4 Å². The Balaban J connectivity index is 0.000000302. The second-order valence-corrected chi connectivity index (χ2v) is 6.06. The van der Waals surface area contributed by atoms with Gasteiger partial charge in [-0.1, -0.05) is 42.5 Å². The average molecular weight is 380 g/mol. The van der Waals surface area contributed by atoms with Crippen LogP contribution in [0.1, 0.15) is 13.8 Å². The summed E-state index contributed by atoms with van der Waals surface area (Å²) in [5, 5.41) is 40.7. The third kappa shape index (κ3) is 4.88. The number of aliphatic carboxylic acids is 2. The highest BCUT2D eigenvalue weighted by atomic mass is 16.4. The van der Waals surface area contributed by atoms with Crippen LogP contribution in [0.2, 0.25) is 0 Å². The molecule has 0 aliphatic rings. The molecule has 4 aromatic rings. The lowest BCUT2D eigenvalue weighted by molar-refractivity contribution is -0.135. The smallest absolute Gasteiger partial charge is 0.300 e. The summed E-state index contributed by atoms with van der Waals surface area (Å²) in [7, 11) is 0. The van der Waals surface area contributed by atoms with Gasteiger partial charge in [0, 0.05) is 19.2 Å². The average Bonchev–Trinajstić information content (AvgIpc) is 2.62. The number of aromatic hydroxyl groups is 2. The predicted octanol–water partition coefficient (Wildman–Crippen LogP) is 4.74. The molecule has 0 aliphatic heterocycles. The molecule has 0 amide bonds. The van der Waals surface area contributed by atoms with Crippen molar-refractivity contribution in [2.75, 3.05) is 0 Å². The number of hydrogen-bond donors (Lipinski definition) is 4. The van der Waals surface area contributed by atoms with Gasteiger partial charge in [0.25, 0.3) is 11.9 Å². The van der Waals surface area contributed by atoms with Crippen molar-refractivity contribution in [2.45, 2.75) is 13.8 Å². The molecular weight excluding hydrogens is 360 g/mol. The fourth-order valence-electron chi connectivity index (χ4n) is 2.81. The number of carboxylic acid groups (broad SMARTS) is 2. The monoisotopic (exact) mass is 380 g/mol. The van der Waals surface area contributed by atoms with Crippen molar-refractivity contribution in [3.05, 3.63) is 60.7 Å². The van der Waals surface area contributed by atoms with Crippen molar-refractivity contribution in [1.29, 1.82) is 0 Å². The quantitative estimate of drug-likeness (QED) is 0.199. The van der Waals surface area contributed by atoms with E-state index < -0.39 is 11.9 Å². The second kappa shape index (κ2) is 8.73. The van der Waals surface area contributed by atoms with Crippen molar-refractivity contribution in [2.24, 2.45) is 0 Å². The Bertz CT molecular complexity index is 1140. The molecule has 0 saturated carbocycles. The molecule has 0 atom stereocenters. The summed E-state index contributed by atoms with van der Waals surface area (Å²) in [5.41, 5.74) is 0. The van der Waals surface area contributed by atoms with E-state index in [-0.39, 0.29) is 11.5 Å².